The maximum atomic E-state index is 5.85. The van der Waals surface area contributed by atoms with Crippen LogP contribution in [0, 0.1) is 5.92 Å². The van der Waals surface area contributed by atoms with Crippen LogP contribution in [0.25, 0.3) is 0 Å². The van der Waals surface area contributed by atoms with Crippen LogP contribution in [-0.4, -0.2) is 6.04 Å². The fourth-order valence-electron chi connectivity index (χ4n) is 1.23. The third-order valence-corrected chi connectivity index (χ3v) is 2.07. The van der Waals surface area contributed by atoms with Crippen molar-refractivity contribution in [1.29, 1.82) is 0 Å². The Morgan fingerprint density at radius 3 is 2.80 bits per heavy atom. The van der Waals surface area contributed by atoms with Crippen molar-refractivity contribution in [2.45, 2.75) is 38.1 Å². The molecular formula is C9H17N. The van der Waals surface area contributed by atoms with Gasteiger partial charge in [-0.2, -0.15) is 0 Å². The SMILES string of the molecule is C=CCCC(N)CC1CC1. The lowest BCUT2D eigenvalue weighted by atomic mass is 10.1. The van der Waals surface area contributed by atoms with E-state index in [1.54, 1.807) is 0 Å². The van der Waals surface area contributed by atoms with E-state index in [-0.39, 0.29) is 0 Å². The summed E-state index contributed by atoms with van der Waals surface area (Å²) in [7, 11) is 0. The lowest BCUT2D eigenvalue weighted by Gasteiger charge is -2.07. The van der Waals surface area contributed by atoms with Gasteiger partial charge in [-0.3, -0.25) is 0 Å². The molecule has 0 aromatic carbocycles. The lowest BCUT2D eigenvalue weighted by molar-refractivity contribution is 0.538. The molecule has 2 N–H and O–H groups in total. The first-order chi connectivity index (χ1) is 4.83. The summed E-state index contributed by atoms with van der Waals surface area (Å²) in [5, 5.41) is 0. The summed E-state index contributed by atoms with van der Waals surface area (Å²) in [5.74, 6) is 0.972. The van der Waals surface area contributed by atoms with Gasteiger partial charge in [-0.1, -0.05) is 18.9 Å². The van der Waals surface area contributed by atoms with Gasteiger partial charge >= 0.3 is 0 Å². The summed E-state index contributed by atoms with van der Waals surface area (Å²) in [6.07, 6.45) is 8.23. The molecule has 1 aliphatic rings. The summed E-state index contributed by atoms with van der Waals surface area (Å²) in [6.45, 7) is 3.67. The molecule has 0 heterocycles. The molecule has 1 rings (SSSR count). The summed E-state index contributed by atoms with van der Waals surface area (Å²) in [5.41, 5.74) is 5.85. The topological polar surface area (TPSA) is 26.0 Å². The largest absolute Gasteiger partial charge is 0.328 e. The molecule has 1 nitrogen and oxygen atoms in total. The quantitative estimate of drug-likeness (QED) is 0.580. The van der Waals surface area contributed by atoms with E-state index in [1.165, 1.54) is 19.3 Å². The van der Waals surface area contributed by atoms with E-state index < -0.39 is 0 Å². The van der Waals surface area contributed by atoms with Crippen molar-refractivity contribution in [3.8, 4) is 0 Å². The fourth-order valence-corrected chi connectivity index (χ4v) is 1.23. The van der Waals surface area contributed by atoms with Crippen LogP contribution in [0.1, 0.15) is 32.1 Å². The molecule has 58 valence electrons. The molecule has 0 aliphatic heterocycles. The van der Waals surface area contributed by atoms with Gasteiger partial charge in [0.05, 0.1) is 0 Å². The van der Waals surface area contributed by atoms with Crippen LogP contribution in [-0.2, 0) is 0 Å². The molecular weight excluding hydrogens is 122 g/mol. The Kier molecular flexibility index (Phi) is 2.94. The van der Waals surface area contributed by atoms with E-state index in [0.29, 0.717) is 6.04 Å². The van der Waals surface area contributed by atoms with Gasteiger partial charge in [0.25, 0.3) is 0 Å². The van der Waals surface area contributed by atoms with Crippen molar-refractivity contribution in [2.75, 3.05) is 0 Å². The Morgan fingerprint density at radius 1 is 1.60 bits per heavy atom. The predicted molar refractivity (Wildman–Crippen MR) is 44.7 cm³/mol. The first kappa shape index (κ1) is 7.80. The van der Waals surface area contributed by atoms with Gasteiger partial charge in [-0.25, -0.2) is 0 Å². The van der Waals surface area contributed by atoms with Crippen LogP contribution in [0.4, 0.5) is 0 Å². The average molecular weight is 139 g/mol. The van der Waals surface area contributed by atoms with Crippen molar-refractivity contribution in [3.05, 3.63) is 12.7 Å². The van der Waals surface area contributed by atoms with E-state index in [9.17, 15) is 0 Å². The minimum Gasteiger partial charge on any atom is -0.328 e. The van der Waals surface area contributed by atoms with Crippen LogP contribution >= 0.6 is 0 Å². The second-order valence-electron chi connectivity index (χ2n) is 3.31. The van der Waals surface area contributed by atoms with Crippen molar-refractivity contribution >= 4 is 0 Å². The third-order valence-electron chi connectivity index (χ3n) is 2.07. The first-order valence-corrected chi connectivity index (χ1v) is 4.19. The van der Waals surface area contributed by atoms with E-state index >= 15 is 0 Å². The van der Waals surface area contributed by atoms with Crippen molar-refractivity contribution in [2.24, 2.45) is 11.7 Å². The van der Waals surface area contributed by atoms with Gasteiger partial charge in [0, 0.05) is 6.04 Å². The number of hydrogen-bond donors (Lipinski definition) is 1. The maximum absolute atomic E-state index is 5.85. The van der Waals surface area contributed by atoms with Gasteiger partial charge in [0.2, 0.25) is 0 Å². The highest BCUT2D eigenvalue weighted by atomic mass is 14.6. The molecule has 1 fully saturated rings. The summed E-state index contributed by atoms with van der Waals surface area (Å²) in [6, 6.07) is 0.436. The van der Waals surface area contributed by atoms with Gasteiger partial charge in [-0.05, 0) is 25.2 Å². The normalized spacial score (nSPS) is 20.5. The van der Waals surface area contributed by atoms with E-state index in [0.717, 1.165) is 18.8 Å². The van der Waals surface area contributed by atoms with Crippen LogP contribution < -0.4 is 5.73 Å². The number of hydrogen-bond acceptors (Lipinski definition) is 1. The van der Waals surface area contributed by atoms with Crippen LogP contribution in [0.5, 0.6) is 0 Å². The highest BCUT2D eigenvalue weighted by molar-refractivity contribution is 4.80. The van der Waals surface area contributed by atoms with Gasteiger partial charge in [0.1, 0.15) is 0 Å². The highest BCUT2D eigenvalue weighted by Crippen LogP contribution is 2.33. The molecule has 10 heavy (non-hydrogen) atoms. The smallest absolute Gasteiger partial charge is 0.00444 e. The monoisotopic (exact) mass is 139 g/mol. The van der Waals surface area contributed by atoms with Crippen LogP contribution in [0.2, 0.25) is 0 Å². The molecule has 0 saturated heterocycles. The van der Waals surface area contributed by atoms with Crippen LogP contribution in [0.15, 0.2) is 12.7 Å². The van der Waals surface area contributed by atoms with Gasteiger partial charge in [0.15, 0.2) is 0 Å². The van der Waals surface area contributed by atoms with Gasteiger partial charge < -0.3 is 5.73 Å². The Morgan fingerprint density at radius 2 is 2.30 bits per heavy atom. The molecule has 1 heteroatoms. The second kappa shape index (κ2) is 3.77. The molecule has 1 saturated carbocycles. The predicted octanol–water partition coefficient (Wildman–Crippen LogP) is 2.08. The zero-order valence-electron chi connectivity index (χ0n) is 6.55. The Balaban J connectivity index is 1.96. The Hall–Kier alpha value is -0.300. The number of nitrogens with two attached hydrogens (primary N) is 1. The molecule has 0 bridgehead atoms. The lowest BCUT2D eigenvalue weighted by Crippen LogP contribution is -2.19. The zero-order chi connectivity index (χ0) is 7.40. The van der Waals surface area contributed by atoms with Crippen molar-refractivity contribution in [1.82, 2.24) is 0 Å². The third kappa shape index (κ3) is 3.02. The van der Waals surface area contributed by atoms with Crippen LogP contribution in [0.3, 0.4) is 0 Å². The molecule has 0 aromatic rings. The summed E-state index contributed by atoms with van der Waals surface area (Å²) >= 11 is 0. The summed E-state index contributed by atoms with van der Waals surface area (Å²) < 4.78 is 0. The standard InChI is InChI=1S/C9H17N/c1-2-3-4-9(10)7-8-5-6-8/h2,8-9H,1,3-7,10H2. The average Bonchev–Trinajstić information content (AvgIpc) is 2.67. The maximum Gasteiger partial charge on any atom is 0.00444 e. The summed E-state index contributed by atoms with van der Waals surface area (Å²) in [4.78, 5) is 0. The minimum absolute atomic E-state index is 0.436. The molecule has 1 aliphatic carbocycles. The van der Waals surface area contributed by atoms with E-state index in [2.05, 4.69) is 6.58 Å². The Labute approximate surface area is 63.3 Å². The van der Waals surface area contributed by atoms with E-state index in [1.807, 2.05) is 6.08 Å². The zero-order valence-corrected chi connectivity index (χ0v) is 6.55. The molecule has 0 spiro atoms. The van der Waals surface area contributed by atoms with Crippen molar-refractivity contribution in [3.63, 3.8) is 0 Å². The molecule has 1 unspecified atom stereocenters. The number of rotatable bonds is 5. The minimum atomic E-state index is 0.436. The molecule has 0 aromatic heterocycles. The second-order valence-corrected chi connectivity index (χ2v) is 3.31. The Bertz CT molecular complexity index is 105. The number of allylic oxidation sites excluding steroid dienone is 1. The van der Waals surface area contributed by atoms with Gasteiger partial charge in [-0.15, -0.1) is 6.58 Å². The molecule has 0 amide bonds. The molecule has 1 atom stereocenters. The van der Waals surface area contributed by atoms with E-state index in [4.69, 9.17) is 5.73 Å². The molecule has 0 radical (unpaired) electrons. The first-order valence-electron chi connectivity index (χ1n) is 4.19. The van der Waals surface area contributed by atoms with Crippen molar-refractivity contribution < 1.29 is 0 Å². The highest BCUT2D eigenvalue weighted by Gasteiger charge is 2.23. The fraction of sp³-hybridized carbons (Fsp3) is 0.778.